The van der Waals surface area contributed by atoms with E-state index in [4.69, 9.17) is 0 Å². The molecule has 1 heterocycles. The fraction of sp³-hybridized carbons (Fsp3) is 0.231. The summed E-state index contributed by atoms with van der Waals surface area (Å²) < 4.78 is 14.7. The van der Waals surface area contributed by atoms with Crippen molar-refractivity contribution in [3.05, 3.63) is 47.5 Å². The molecule has 2 aromatic rings. The highest BCUT2D eigenvalue weighted by atomic mass is 32.1. The van der Waals surface area contributed by atoms with Gasteiger partial charge in [0.2, 0.25) is 0 Å². The molecule has 1 aromatic carbocycles. The first kappa shape index (κ1) is 13.6. The van der Waals surface area contributed by atoms with Crippen molar-refractivity contribution in [1.29, 1.82) is 0 Å². The maximum Gasteiger partial charge on any atom is 0.251 e. The van der Waals surface area contributed by atoms with Gasteiger partial charge >= 0.3 is 0 Å². The smallest absolute Gasteiger partial charge is 0.251 e. The predicted molar refractivity (Wildman–Crippen MR) is 72.9 cm³/mol. The topological polar surface area (TPSA) is 46.9 Å². The number of nitrogens with zero attached hydrogens (tertiary/aromatic N) is 2. The van der Waals surface area contributed by atoms with Gasteiger partial charge in [-0.05, 0) is 24.3 Å². The number of benzene rings is 1. The monoisotopic (exact) mass is 279 g/mol. The summed E-state index contributed by atoms with van der Waals surface area (Å²) in [5, 5.41) is 6.97. The molecule has 1 N–H and O–H groups in total. The number of aryl methyl sites for hydroxylation is 1. The molecule has 100 valence electrons. The van der Waals surface area contributed by atoms with Crippen LogP contribution in [0.4, 0.5) is 4.39 Å². The molecule has 0 radical (unpaired) electrons. The summed E-state index contributed by atoms with van der Waals surface area (Å²) in [5.74, 6) is -0.681. The molecule has 4 nitrogen and oxygen atoms in total. The van der Waals surface area contributed by atoms with E-state index in [1.54, 1.807) is 4.68 Å². The zero-order chi connectivity index (χ0) is 13.8. The standard InChI is InChI=1S/C13H14FN3OS/c1-17-7-5-10(16-17)4-6-15-13(18)9-2-3-11(14)12(19)8-9/h2-3,5,7-8,19H,4,6H2,1H3,(H,15,18). The van der Waals surface area contributed by atoms with Crippen LogP contribution < -0.4 is 5.32 Å². The predicted octanol–water partition coefficient (Wildman–Crippen LogP) is 1.82. The number of carbonyl (C=O) groups is 1. The Labute approximate surface area is 116 Å². The average Bonchev–Trinajstić information content (AvgIpc) is 2.78. The van der Waals surface area contributed by atoms with Crippen LogP contribution in [-0.2, 0) is 13.5 Å². The molecule has 0 aliphatic carbocycles. The number of hydrogen-bond acceptors (Lipinski definition) is 3. The van der Waals surface area contributed by atoms with Crippen LogP contribution in [0.3, 0.4) is 0 Å². The molecule has 0 spiro atoms. The first-order chi connectivity index (χ1) is 9.06. The van der Waals surface area contributed by atoms with Gasteiger partial charge in [0.25, 0.3) is 5.91 Å². The molecular weight excluding hydrogens is 265 g/mol. The Morgan fingerprint density at radius 3 is 2.89 bits per heavy atom. The minimum atomic E-state index is -0.437. The third kappa shape index (κ3) is 3.57. The van der Waals surface area contributed by atoms with E-state index in [0.29, 0.717) is 18.5 Å². The van der Waals surface area contributed by atoms with Crippen LogP contribution in [0.5, 0.6) is 0 Å². The largest absolute Gasteiger partial charge is 0.352 e. The van der Waals surface area contributed by atoms with E-state index in [2.05, 4.69) is 23.0 Å². The zero-order valence-electron chi connectivity index (χ0n) is 10.4. The molecule has 0 saturated carbocycles. The third-order valence-corrected chi connectivity index (χ3v) is 2.99. The summed E-state index contributed by atoms with van der Waals surface area (Å²) in [4.78, 5) is 12.0. The molecule has 1 aromatic heterocycles. The van der Waals surface area contributed by atoms with Gasteiger partial charge in [-0.25, -0.2) is 4.39 Å². The molecule has 0 bridgehead atoms. The van der Waals surface area contributed by atoms with Crippen LogP contribution in [-0.4, -0.2) is 22.2 Å². The van der Waals surface area contributed by atoms with E-state index in [0.717, 1.165) is 5.69 Å². The van der Waals surface area contributed by atoms with E-state index in [9.17, 15) is 9.18 Å². The van der Waals surface area contributed by atoms with Crippen molar-refractivity contribution < 1.29 is 9.18 Å². The van der Waals surface area contributed by atoms with Gasteiger partial charge in [0, 0.05) is 36.7 Å². The highest BCUT2D eigenvalue weighted by Gasteiger charge is 2.07. The zero-order valence-corrected chi connectivity index (χ0v) is 11.3. The summed E-state index contributed by atoms with van der Waals surface area (Å²) in [7, 11) is 1.84. The van der Waals surface area contributed by atoms with Crippen molar-refractivity contribution in [2.24, 2.45) is 7.05 Å². The van der Waals surface area contributed by atoms with Crippen molar-refractivity contribution in [2.75, 3.05) is 6.54 Å². The summed E-state index contributed by atoms with van der Waals surface area (Å²) in [5.41, 5.74) is 1.31. The van der Waals surface area contributed by atoms with Crippen molar-refractivity contribution in [1.82, 2.24) is 15.1 Å². The minimum Gasteiger partial charge on any atom is -0.352 e. The Morgan fingerprint density at radius 2 is 2.26 bits per heavy atom. The summed E-state index contributed by atoms with van der Waals surface area (Å²) in [6, 6.07) is 5.98. The number of carbonyl (C=O) groups excluding carboxylic acids is 1. The fourth-order valence-corrected chi connectivity index (χ4v) is 1.87. The van der Waals surface area contributed by atoms with Crippen LogP contribution in [0, 0.1) is 5.82 Å². The van der Waals surface area contributed by atoms with E-state index < -0.39 is 5.82 Å². The number of aromatic nitrogens is 2. The van der Waals surface area contributed by atoms with E-state index in [-0.39, 0.29) is 10.8 Å². The highest BCUT2D eigenvalue weighted by Crippen LogP contribution is 2.14. The number of nitrogens with one attached hydrogen (secondary N) is 1. The van der Waals surface area contributed by atoms with Gasteiger partial charge in [-0.15, -0.1) is 12.6 Å². The quantitative estimate of drug-likeness (QED) is 0.839. The highest BCUT2D eigenvalue weighted by molar-refractivity contribution is 7.80. The molecule has 0 aliphatic heterocycles. The molecule has 0 atom stereocenters. The second-order valence-corrected chi connectivity index (χ2v) is 4.63. The molecule has 0 fully saturated rings. The average molecular weight is 279 g/mol. The Hall–Kier alpha value is -1.82. The van der Waals surface area contributed by atoms with Crippen molar-refractivity contribution in [3.63, 3.8) is 0 Å². The fourth-order valence-electron chi connectivity index (χ4n) is 1.66. The first-order valence-corrected chi connectivity index (χ1v) is 6.26. The van der Waals surface area contributed by atoms with Crippen molar-refractivity contribution in [3.8, 4) is 0 Å². The van der Waals surface area contributed by atoms with Gasteiger partial charge < -0.3 is 5.32 Å². The Morgan fingerprint density at radius 1 is 1.47 bits per heavy atom. The number of thiol groups is 1. The van der Waals surface area contributed by atoms with E-state index in [1.165, 1.54) is 18.2 Å². The van der Waals surface area contributed by atoms with Gasteiger partial charge in [0.15, 0.2) is 0 Å². The molecule has 0 unspecified atom stereocenters. The van der Waals surface area contributed by atoms with Crippen LogP contribution in [0.1, 0.15) is 16.1 Å². The van der Waals surface area contributed by atoms with Crippen molar-refractivity contribution >= 4 is 18.5 Å². The van der Waals surface area contributed by atoms with Crippen LogP contribution >= 0.6 is 12.6 Å². The Bertz CT molecular complexity index is 597. The van der Waals surface area contributed by atoms with Crippen LogP contribution in [0.25, 0.3) is 0 Å². The second kappa shape index (κ2) is 5.88. The normalized spacial score (nSPS) is 10.5. The molecule has 1 amide bonds. The number of halogens is 1. The number of hydrogen-bond donors (Lipinski definition) is 2. The molecule has 6 heteroatoms. The lowest BCUT2D eigenvalue weighted by atomic mass is 10.2. The molecule has 0 aliphatic rings. The maximum atomic E-state index is 13.0. The van der Waals surface area contributed by atoms with Gasteiger partial charge in [-0.2, -0.15) is 5.10 Å². The van der Waals surface area contributed by atoms with Gasteiger partial charge in [-0.1, -0.05) is 0 Å². The minimum absolute atomic E-state index is 0.164. The van der Waals surface area contributed by atoms with E-state index in [1.807, 2.05) is 19.3 Å². The molecule has 0 saturated heterocycles. The van der Waals surface area contributed by atoms with Gasteiger partial charge in [0.1, 0.15) is 5.82 Å². The molecule has 19 heavy (non-hydrogen) atoms. The maximum absolute atomic E-state index is 13.0. The van der Waals surface area contributed by atoms with Crippen LogP contribution in [0.15, 0.2) is 35.4 Å². The summed E-state index contributed by atoms with van der Waals surface area (Å²) in [6.45, 7) is 0.481. The van der Waals surface area contributed by atoms with Gasteiger partial charge in [0.05, 0.1) is 5.69 Å². The Balaban J connectivity index is 1.89. The summed E-state index contributed by atoms with van der Waals surface area (Å²) in [6.07, 6.45) is 2.51. The molecular formula is C13H14FN3OS. The SMILES string of the molecule is Cn1ccc(CCNC(=O)c2ccc(F)c(S)c2)n1. The van der Waals surface area contributed by atoms with Gasteiger partial charge in [-0.3, -0.25) is 9.48 Å². The Kier molecular flexibility index (Phi) is 4.21. The molecule has 2 rings (SSSR count). The van der Waals surface area contributed by atoms with E-state index >= 15 is 0 Å². The lowest BCUT2D eigenvalue weighted by Gasteiger charge is -2.05. The summed E-state index contributed by atoms with van der Waals surface area (Å²) >= 11 is 3.95. The number of rotatable bonds is 4. The van der Waals surface area contributed by atoms with Crippen molar-refractivity contribution in [2.45, 2.75) is 11.3 Å². The second-order valence-electron chi connectivity index (χ2n) is 4.15. The lowest BCUT2D eigenvalue weighted by Crippen LogP contribution is -2.25. The third-order valence-electron chi connectivity index (χ3n) is 2.64. The first-order valence-electron chi connectivity index (χ1n) is 5.81. The van der Waals surface area contributed by atoms with Crippen LogP contribution in [0.2, 0.25) is 0 Å². The number of amides is 1. The lowest BCUT2D eigenvalue weighted by molar-refractivity contribution is 0.0954.